The summed E-state index contributed by atoms with van der Waals surface area (Å²) in [6.07, 6.45) is -0.986. The minimum Gasteiger partial charge on any atom is -0.491 e. The van der Waals surface area contributed by atoms with Crippen molar-refractivity contribution in [2.45, 2.75) is 13.0 Å². The van der Waals surface area contributed by atoms with Gasteiger partial charge in [-0.3, -0.25) is 10.1 Å². The van der Waals surface area contributed by atoms with E-state index in [-0.39, 0.29) is 19.0 Å². The smallest absolute Gasteiger partial charge is 0.313 e. The number of nitro groups is 1. The van der Waals surface area contributed by atoms with Gasteiger partial charge in [-0.1, -0.05) is 12.1 Å². The molecule has 0 aromatic heterocycles. The van der Waals surface area contributed by atoms with E-state index in [1.807, 2.05) is 25.1 Å². The van der Waals surface area contributed by atoms with E-state index in [0.29, 0.717) is 5.75 Å². The molecule has 0 aliphatic rings. The minimum absolute atomic E-state index is 0.0293. The van der Waals surface area contributed by atoms with E-state index in [9.17, 15) is 19.6 Å². The van der Waals surface area contributed by atoms with Crippen LogP contribution in [0.15, 0.2) is 42.5 Å². The largest absolute Gasteiger partial charge is 0.491 e. The van der Waals surface area contributed by atoms with Crippen LogP contribution >= 0.6 is 0 Å². The van der Waals surface area contributed by atoms with Crippen LogP contribution in [0.1, 0.15) is 5.56 Å². The Labute approximate surface area is 132 Å². The first-order valence-electron chi connectivity index (χ1n) is 6.90. The number of aliphatic hydroxyl groups is 1. The van der Waals surface area contributed by atoms with Gasteiger partial charge in [-0.15, -0.1) is 0 Å². The zero-order chi connectivity index (χ0) is 16.8. The molecule has 2 rings (SSSR count). The average Bonchev–Trinajstić information content (AvgIpc) is 2.51. The molecule has 0 aliphatic carbocycles. The van der Waals surface area contributed by atoms with Crippen LogP contribution < -0.4 is 9.47 Å². The molecular weight excluding hydrogens is 305 g/mol. The number of nitrogens with zero attached hydrogens (tertiary/aromatic N) is 1. The highest BCUT2D eigenvalue weighted by atomic mass is 19.1. The Kier molecular flexibility index (Phi) is 5.48. The predicted molar refractivity (Wildman–Crippen MR) is 81.2 cm³/mol. The van der Waals surface area contributed by atoms with Gasteiger partial charge in [0.2, 0.25) is 0 Å². The lowest BCUT2D eigenvalue weighted by atomic mass is 10.2. The summed E-state index contributed by atoms with van der Waals surface area (Å²) < 4.78 is 23.6. The third kappa shape index (κ3) is 4.93. The van der Waals surface area contributed by atoms with Crippen LogP contribution in [0.2, 0.25) is 0 Å². The number of hydrogen-bond acceptors (Lipinski definition) is 5. The first-order valence-corrected chi connectivity index (χ1v) is 6.90. The van der Waals surface area contributed by atoms with Crippen molar-refractivity contribution < 1.29 is 23.9 Å². The highest BCUT2D eigenvalue weighted by molar-refractivity contribution is 5.46. The molecule has 0 saturated carbocycles. The summed E-state index contributed by atoms with van der Waals surface area (Å²) in [5.41, 5.74) is 0.534. The van der Waals surface area contributed by atoms with Crippen LogP contribution in [0.3, 0.4) is 0 Å². The number of benzene rings is 2. The van der Waals surface area contributed by atoms with Crippen LogP contribution in [0, 0.1) is 22.9 Å². The average molecular weight is 321 g/mol. The van der Waals surface area contributed by atoms with Gasteiger partial charge in [0.15, 0.2) is 5.75 Å². The van der Waals surface area contributed by atoms with Crippen molar-refractivity contribution in [2.24, 2.45) is 0 Å². The molecule has 0 bridgehead atoms. The molecule has 1 atom stereocenters. The van der Waals surface area contributed by atoms with Gasteiger partial charge in [-0.2, -0.15) is 0 Å². The minimum atomic E-state index is -0.986. The number of ether oxygens (including phenoxy) is 2. The topological polar surface area (TPSA) is 81.8 Å². The molecule has 0 aliphatic heterocycles. The second-order valence-electron chi connectivity index (χ2n) is 4.96. The van der Waals surface area contributed by atoms with Crippen LogP contribution in [0.5, 0.6) is 11.5 Å². The van der Waals surface area contributed by atoms with Crippen molar-refractivity contribution in [3.63, 3.8) is 0 Å². The molecule has 7 heteroatoms. The van der Waals surface area contributed by atoms with E-state index < -0.39 is 22.5 Å². The zero-order valence-electron chi connectivity index (χ0n) is 12.4. The van der Waals surface area contributed by atoms with Gasteiger partial charge in [-0.25, -0.2) is 4.39 Å². The Bertz CT molecular complexity index is 692. The summed E-state index contributed by atoms with van der Waals surface area (Å²) in [6.45, 7) is 1.68. The quantitative estimate of drug-likeness (QED) is 0.626. The van der Waals surface area contributed by atoms with Crippen LogP contribution in [-0.4, -0.2) is 29.3 Å². The Morgan fingerprint density at radius 3 is 2.65 bits per heavy atom. The highest BCUT2D eigenvalue weighted by Crippen LogP contribution is 2.27. The lowest BCUT2D eigenvalue weighted by molar-refractivity contribution is -0.386. The van der Waals surface area contributed by atoms with Crippen LogP contribution in [0.4, 0.5) is 10.1 Å². The highest BCUT2D eigenvalue weighted by Gasteiger charge is 2.17. The van der Waals surface area contributed by atoms with Gasteiger partial charge in [0.25, 0.3) is 0 Å². The molecule has 2 aromatic rings. The second kappa shape index (κ2) is 7.55. The Balaban J connectivity index is 1.89. The van der Waals surface area contributed by atoms with E-state index in [4.69, 9.17) is 9.47 Å². The molecule has 0 heterocycles. The van der Waals surface area contributed by atoms with Gasteiger partial charge < -0.3 is 14.6 Å². The van der Waals surface area contributed by atoms with Crippen molar-refractivity contribution in [1.29, 1.82) is 0 Å². The normalized spacial score (nSPS) is 11.8. The SMILES string of the molecule is Cc1cccc(OCC(O)COc2ccc(F)cc2[N+](=O)[O-])c1. The molecule has 0 saturated heterocycles. The maximum atomic E-state index is 13.0. The predicted octanol–water partition coefficient (Wildman–Crippen LogP) is 2.86. The van der Waals surface area contributed by atoms with Crippen molar-refractivity contribution in [3.8, 4) is 11.5 Å². The van der Waals surface area contributed by atoms with Crippen molar-refractivity contribution in [1.82, 2.24) is 0 Å². The molecule has 6 nitrogen and oxygen atoms in total. The van der Waals surface area contributed by atoms with Gasteiger partial charge >= 0.3 is 5.69 Å². The Morgan fingerprint density at radius 1 is 1.22 bits per heavy atom. The number of halogens is 1. The molecule has 122 valence electrons. The molecule has 1 unspecified atom stereocenters. The summed E-state index contributed by atoms with van der Waals surface area (Å²) in [4.78, 5) is 10.1. The summed E-state index contributed by atoms with van der Waals surface area (Å²) in [7, 11) is 0. The fourth-order valence-corrected chi connectivity index (χ4v) is 1.89. The number of nitro benzene ring substituents is 1. The number of aryl methyl sites for hydroxylation is 1. The van der Waals surface area contributed by atoms with Gasteiger partial charge in [0, 0.05) is 0 Å². The van der Waals surface area contributed by atoms with Crippen molar-refractivity contribution in [2.75, 3.05) is 13.2 Å². The molecule has 23 heavy (non-hydrogen) atoms. The Morgan fingerprint density at radius 2 is 1.96 bits per heavy atom. The fraction of sp³-hybridized carbons (Fsp3) is 0.250. The van der Waals surface area contributed by atoms with Crippen LogP contribution in [-0.2, 0) is 0 Å². The standard InChI is InChI=1S/C16H16FNO5/c1-11-3-2-4-14(7-11)22-9-13(19)10-23-16-6-5-12(17)8-15(16)18(20)21/h2-8,13,19H,9-10H2,1H3. The molecule has 0 amide bonds. The molecular formula is C16H16FNO5. The summed E-state index contributed by atoms with van der Waals surface area (Å²) in [5.74, 6) is -0.227. The maximum absolute atomic E-state index is 13.0. The lowest BCUT2D eigenvalue weighted by Crippen LogP contribution is -2.25. The van der Waals surface area contributed by atoms with Gasteiger partial charge in [0.1, 0.15) is 30.9 Å². The van der Waals surface area contributed by atoms with E-state index >= 15 is 0 Å². The Hall–Kier alpha value is -2.67. The summed E-state index contributed by atoms with van der Waals surface area (Å²) >= 11 is 0. The molecule has 2 aromatic carbocycles. The third-order valence-electron chi connectivity index (χ3n) is 2.98. The zero-order valence-corrected chi connectivity index (χ0v) is 12.4. The van der Waals surface area contributed by atoms with E-state index in [2.05, 4.69) is 0 Å². The van der Waals surface area contributed by atoms with Gasteiger partial charge in [0.05, 0.1) is 11.0 Å². The first kappa shape index (κ1) is 16.7. The second-order valence-corrected chi connectivity index (χ2v) is 4.96. The van der Waals surface area contributed by atoms with E-state index in [1.54, 1.807) is 6.07 Å². The maximum Gasteiger partial charge on any atom is 0.313 e. The third-order valence-corrected chi connectivity index (χ3v) is 2.98. The molecule has 0 radical (unpaired) electrons. The molecule has 0 fully saturated rings. The van der Waals surface area contributed by atoms with E-state index in [1.165, 1.54) is 0 Å². The summed E-state index contributed by atoms with van der Waals surface area (Å²) in [5, 5.41) is 20.7. The van der Waals surface area contributed by atoms with Crippen molar-refractivity contribution in [3.05, 3.63) is 64.0 Å². The summed E-state index contributed by atoms with van der Waals surface area (Å²) in [6, 6.07) is 10.3. The van der Waals surface area contributed by atoms with E-state index in [0.717, 1.165) is 23.8 Å². The lowest BCUT2D eigenvalue weighted by Gasteiger charge is -2.14. The first-order chi connectivity index (χ1) is 11.0. The monoisotopic (exact) mass is 321 g/mol. The van der Waals surface area contributed by atoms with Crippen LogP contribution in [0.25, 0.3) is 0 Å². The fourth-order valence-electron chi connectivity index (χ4n) is 1.89. The van der Waals surface area contributed by atoms with Gasteiger partial charge in [-0.05, 0) is 36.8 Å². The number of hydrogen-bond donors (Lipinski definition) is 1. The molecule has 1 N–H and O–H groups in total. The number of rotatable bonds is 7. The van der Waals surface area contributed by atoms with Crippen molar-refractivity contribution >= 4 is 5.69 Å². The molecule has 0 spiro atoms. The number of aliphatic hydroxyl groups excluding tert-OH is 1.